The molecule has 0 bridgehead atoms. The lowest BCUT2D eigenvalue weighted by atomic mass is 10.1. The Morgan fingerprint density at radius 2 is 1.70 bits per heavy atom. The third-order valence-corrected chi connectivity index (χ3v) is 5.84. The number of nitro benzene ring substituents is 1. The minimum absolute atomic E-state index is 0.0340. The van der Waals surface area contributed by atoms with Gasteiger partial charge in [0, 0.05) is 30.9 Å². The molecule has 2 saturated heterocycles. The van der Waals surface area contributed by atoms with Crippen LogP contribution in [-0.2, 0) is 16.1 Å². The van der Waals surface area contributed by atoms with Crippen LogP contribution in [0, 0.1) is 10.1 Å². The van der Waals surface area contributed by atoms with Crippen molar-refractivity contribution in [3.05, 3.63) is 74.7 Å². The smallest absolute Gasteiger partial charge is 0.293 e. The summed E-state index contributed by atoms with van der Waals surface area (Å²) in [7, 11) is 0. The number of anilines is 1. The Labute approximate surface area is 177 Å². The van der Waals surface area contributed by atoms with Crippen molar-refractivity contribution in [1.29, 1.82) is 0 Å². The number of amides is 2. The van der Waals surface area contributed by atoms with Gasteiger partial charge in [-0.1, -0.05) is 24.3 Å². The van der Waals surface area contributed by atoms with E-state index in [4.69, 9.17) is 4.74 Å². The van der Waals surface area contributed by atoms with Gasteiger partial charge in [0.05, 0.1) is 29.6 Å². The molecule has 2 aromatic carbocycles. The van der Waals surface area contributed by atoms with Crippen molar-refractivity contribution in [1.82, 2.24) is 4.90 Å². The summed E-state index contributed by atoms with van der Waals surface area (Å²) in [5, 5.41) is 10.4. The molecule has 2 amide bonds. The highest BCUT2D eigenvalue weighted by Crippen LogP contribution is 2.33. The third kappa shape index (κ3) is 4.37. The van der Waals surface area contributed by atoms with E-state index in [0.717, 1.165) is 41.0 Å². The highest BCUT2D eigenvalue weighted by molar-refractivity contribution is 8.18. The van der Waals surface area contributed by atoms with Crippen molar-refractivity contribution in [2.45, 2.75) is 6.54 Å². The summed E-state index contributed by atoms with van der Waals surface area (Å²) >= 11 is 0.900. The minimum Gasteiger partial charge on any atom is -0.378 e. The number of imide groups is 1. The summed E-state index contributed by atoms with van der Waals surface area (Å²) in [5.41, 5.74) is 2.56. The minimum atomic E-state index is -0.489. The molecule has 0 radical (unpaired) electrons. The molecule has 2 aliphatic rings. The van der Waals surface area contributed by atoms with Crippen molar-refractivity contribution in [3.8, 4) is 0 Å². The van der Waals surface area contributed by atoms with E-state index in [2.05, 4.69) is 4.90 Å². The van der Waals surface area contributed by atoms with Gasteiger partial charge in [-0.15, -0.1) is 0 Å². The lowest BCUT2D eigenvalue weighted by Crippen LogP contribution is -2.36. The lowest BCUT2D eigenvalue weighted by molar-refractivity contribution is -0.384. The van der Waals surface area contributed by atoms with Crippen LogP contribution in [0.25, 0.3) is 6.08 Å². The molecule has 8 nitrogen and oxygen atoms in total. The van der Waals surface area contributed by atoms with Crippen molar-refractivity contribution in [2.75, 3.05) is 31.2 Å². The molecule has 2 aliphatic heterocycles. The van der Waals surface area contributed by atoms with Crippen LogP contribution in [0.1, 0.15) is 11.1 Å². The number of nitro groups is 1. The Morgan fingerprint density at radius 1 is 1.03 bits per heavy atom. The van der Waals surface area contributed by atoms with Gasteiger partial charge < -0.3 is 9.64 Å². The molecular weight excluding hydrogens is 406 g/mol. The number of carbonyl (C=O) groups excluding carboxylic acids is 2. The molecule has 0 unspecified atom stereocenters. The van der Waals surface area contributed by atoms with Crippen LogP contribution in [0.4, 0.5) is 16.2 Å². The maximum atomic E-state index is 12.7. The van der Waals surface area contributed by atoms with Gasteiger partial charge in [0.25, 0.3) is 16.8 Å². The van der Waals surface area contributed by atoms with Gasteiger partial charge in [0.2, 0.25) is 0 Å². The summed E-state index contributed by atoms with van der Waals surface area (Å²) in [4.78, 5) is 39.0. The standard InChI is InChI=1S/C21H19N3O5S/c25-20-19(13-15-1-5-17(6-2-15)22-9-11-29-12-10-22)30-21(26)23(20)14-16-3-7-18(8-4-16)24(27)28/h1-8,13H,9-12,14H2/b19-13-. The van der Waals surface area contributed by atoms with Gasteiger partial charge in [0.1, 0.15) is 0 Å². The van der Waals surface area contributed by atoms with Crippen LogP contribution in [0.15, 0.2) is 53.4 Å². The molecule has 0 saturated carbocycles. The fourth-order valence-electron chi connectivity index (χ4n) is 3.30. The number of nitrogens with zero attached hydrogens (tertiary/aromatic N) is 3. The van der Waals surface area contributed by atoms with Gasteiger partial charge in [-0.2, -0.15) is 0 Å². The van der Waals surface area contributed by atoms with Crippen LogP contribution in [0.3, 0.4) is 0 Å². The van der Waals surface area contributed by atoms with Crippen LogP contribution in [0.5, 0.6) is 0 Å². The van der Waals surface area contributed by atoms with Crippen LogP contribution >= 0.6 is 11.8 Å². The van der Waals surface area contributed by atoms with E-state index in [1.165, 1.54) is 12.1 Å². The fourth-order valence-corrected chi connectivity index (χ4v) is 4.13. The Bertz CT molecular complexity index is 998. The van der Waals surface area contributed by atoms with E-state index in [-0.39, 0.29) is 23.4 Å². The molecule has 2 heterocycles. The van der Waals surface area contributed by atoms with Gasteiger partial charge in [-0.25, -0.2) is 0 Å². The third-order valence-electron chi connectivity index (χ3n) is 4.93. The van der Waals surface area contributed by atoms with Crippen LogP contribution < -0.4 is 4.90 Å². The molecule has 2 aromatic rings. The number of hydrogen-bond donors (Lipinski definition) is 0. The molecule has 2 fully saturated rings. The van der Waals surface area contributed by atoms with E-state index >= 15 is 0 Å². The molecule has 0 aliphatic carbocycles. The van der Waals surface area contributed by atoms with E-state index in [1.807, 2.05) is 24.3 Å². The first-order valence-corrected chi connectivity index (χ1v) is 10.2. The summed E-state index contributed by atoms with van der Waals surface area (Å²) < 4.78 is 5.37. The Hall–Kier alpha value is -3.17. The second-order valence-corrected chi connectivity index (χ2v) is 7.88. The molecule has 30 heavy (non-hydrogen) atoms. The normalized spacial score (nSPS) is 18.3. The number of rotatable bonds is 5. The van der Waals surface area contributed by atoms with Crippen molar-refractivity contribution < 1.29 is 19.2 Å². The number of non-ortho nitro benzene ring substituents is 1. The first kappa shape index (κ1) is 20.1. The van der Waals surface area contributed by atoms with Gasteiger partial charge in [-0.3, -0.25) is 24.6 Å². The van der Waals surface area contributed by atoms with Gasteiger partial charge in [0.15, 0.2) is 0 Å². The number of benzene rings is 2. The first-order chi connectivity index (χ1) is 14.5. The zero-order chi connectivity index (χ0) is 21.1. The number of thioether (sulfide) groups is 1. The molecule has 9 heteroatoms. The highest BCUT2D eigenvalue weighted by atomic mass is 32.2. The van der Waals surface area contributed by atoms with Gasteiger partial charge in [-0.05, 0) is 41.1 Å². The second kappa shape index (κ2) is 8.68. The zero-order valence-electron chi connectivity index (χ0n) is 16.0. The van der Waals surface area contributed by atoms with Gasteiger partial charge >= 0.3 is 0 Å². The first-order valence-electron chi connectivity index (χ1n) is 9.43. The maximum absolute atomic E-state index is 12.7. The number of ether oxygens (including phenoxy) is 1. The van der Waals surface area contributed by atoms with Crippen LogP contribution in [0.2, 0.25) is 0 Å². The molecule has 154 valence electrons. The molecule has 0 atom stereocenters. The Balaban J connectivity index is 1.45. The van der Waals surface area contributed by atoms with Crippen molar-refractivity contribution in [3.63, 3.8) is 0 Å². The predicted octanol–water partition coefficient (Wildman–Crippen LogP) is 3.67. The van der Waals surface area contributed by atoms with Crippen molar-refractivity contribution >= 4 is 40.4 Å². The monoisotopic (exact) mass is 425 g/mol. The second-order valence-electron chi connectivity index (χ2n) is 6.88. The summed E-state index contributed by atoms with van der Waals surface area (Å²) in [5.74, 6) is -0.361. The van der Waals surface area contributed by atoms with E-state index < -0.39 is 4.92 Å². The molecule has 0 N–H and O–H groups in total. The molecule has 0 aromatic heterocycles. The average molecular weight is 425 g/mol. The van der Waals surface area contributed by atoms with E-state index in [1.54, 1.807) is 18.2 Å². The SMILES string of the molecule is O=C1S/C(=C\c2ccc(N3CCOCC3)cc2)C(=O)N1Cc1ccc([N+](=O)[O-])cc1. The average Bonchev–Trinajstić information content (AvgIpc) is 3.02. The Kier molecular flexibility index (Phi) is 5.82. The summed E-state index contributed by atoms with van der Waals surface area (Å²) in [6, 6.07) is 13.7. The molecule has 4 rings (SSSR count). The lowest BCUT2D eigenvalue weighted by Gasteiger charge is -2.28. The largest absolute Gasteiger partial charge is 0.378 e. The molecular formula is C21H19N3O5S. The summed E-state index contributed by atoms with van der Waals surface area (Å²) in [6.45, 7) is 3.20. The number of morpholine rings is 1. The number of carbonyl (C=O) groups is 2. The van der Waals surface area contributed by atoms with Crippen LogP contribution in [-0.4, -0.2) is 47.3 Å². The predicted molar refractivity (Wildman–Crippen MR) is 114 cm³/mol. The quantitative estimate of drug-likeness (QED) is 0.410. The van der Waals surface area contributed by atoms with E-state index in [9.17, 15) is 19.7 Å². The number of hydrogen-bond acceptors (Lipinski definition) is 7. The fraction of sp³-hybridized carbons (Fsp3) is 0.238. The summed E-state index contributed by atoms with van der Waals surface area (Å²) in [6.07, 6.45) is 1.71. The zero-order valence-corrected chi connectivity index (χ0v) is 16.8. The molecule has 0 spiro atoms. The highest BCUT2D eigenvalue weighted by Gasteiger charge is 2.35. The topological polar surface area (TPSA) is 93.0 Å². The maximum Gasteiger partial charge on any atom is 0.293 e. The van der Waals surface area contributed by atoms with Crippen molar-refractivity contribution in [2.24, 2.45) is 0 Å². The Morgan fingerprint density at radius 3 is 2.33 bits per heavy atom. The van der Waals surface area contributed by atoms with E-state index in [0.29, 0.717) is 23.7 Å².